The molecule has 45 heavy (non-hydrogen) atoms. The molecule has 0 radical (unpaired) electrons. The van der Waals surface area contributed by atoms with Crippen LogP contribution in [0.4, 0.5) is 0 Å². The van der Waals surface area contributed by atoms with E-state index in [1.807, 2.05) is 78.1 Å². The summed E-state index contributed by atoms with van der Waals surface area (Å²) in [7, 11) is 0. The summed E-state index contributed by atoms with van der Waals surface area (Å²) in [6, 6.07) is 54.4. The smallest absolute Gasteiger partial charge is 0.160 e. The van der Waals surface area contributed by atoms with E-state index in [-0.39, 0.29) is 0 Å². The fourth-order valence-electron chi connectivity index (χ4n) is 5.96. The number of fused-ring (bicyclic) bond motifs is 3. The quantitative estimate of drug-likeness (QED) is 0.200. The fraction of sp³-hybridized carbons (Fsp3) is 0. The Balaban J connectivity index is 1.40. The Kier molecular flexibility index (Phi) is 6.72. The van der Waals surface area contributed by atoms with Crippen molar-refractivity contribution in [1.29, 1.82) is 5.26 Å². The van der Waals surface area contributed by atoms with E-state index >= 15 is 0 Å². The maximum Gasteiger partial charge on any atom is 0.160 e. The lowest BCUT2D eigenvalue weighted by molar-refractivity contribution is 1.18. The van der Waals surface area contributed by atoms with Gasteiger partial charge in [0.15, 0.2) is 5.82 Å². The number of hydrogen-bond acceptors (Lipinski definition) is 4. The van der Waals surface area contributed by atoms with E-state index in [0.29, 0.717) is 17.1 Å². The van der Waals surface area contributed by atoms with Gasteiger partial charge in [0.05, 0.1) is 23.0 Å². The number of nitriles is 1. The molecule has 0 bridgehead atoms. The van der Waals surface area contributed by atoms with Crippen LogP contribution in [0, 0.1) is 11.3 Å². The maximum absolute atomic E-state index is 9.92. The van der Waals surface area contributed by atoms with Gasteiger partial charge in [0.2, 0.25) is 0 Å². The standard InChI is InChI=1S/C41H25N3S/c42-26-29-16-7-8-17-33(29)38-25-37(43-41(44-38)28-14-5-2-6-15-28)32-23-30(27-12-3-1-4-13-27)22-31(24-32)34-19-11-20-36-35-18-9-10-21-39(35)45-40(34)36/h1-25H. The summed E-state index contributed by atoms with van der Waals surface area (Å²) in [5, 5.41) is 12.5. The van der Waals surface area contributed by atoms with Crippen molar-refractivity contribution in [3.8, 4) is 62.2 Å². The van der Waals surface area contributed by atoms with E-state index in [1.165, 1.54) is 25.7 Å². The predicted octanol–water partition coefficient (Wildman–Crippen LogP) is 11.1. The first-order valence-corrected chi connectivity index (χ1v) is 15.6. The largest absolute Gasteiger partial charge is 0.228 e. The van der Waals surface area contributed by atoms with Crippen LogP contribution < -0.4 is 0 Å². The number of thiophene rings is 1. The van der Waals surface area contributed by atoms with Crippen LogP contribution in [0.15, 0.2) is 152 Å². The minimum Gasteiger partial charge on any atom is -0.228 e. The van der Waals surface area contributed by atoms with E-state index < -0.39 is 0 Å². The normalized spacial score (nSPS) is 11.1. The molecule has 0 saturated heterocycles. The fourth-order valence-corrected chi connectivity index (χ4v) is 7.19. The molecule has 0 fully saturated rings. The molecule has 210 valence electrons. The van der Waals surface area contributed by atoms with Crippen molar-refractivity contribution < 1.29 is 0 Å². The zero-order valence-corrected chi connectivity index (χ0v) is 25.0. The Hall–Kier alpha value is -5.89. The molecular weight excluding hydrogens is 567 g/mol. The Morgan fingerprint density at radius 1 is 0.467 bits per heavy atom. The van der Waals surface area contributed by atoms with Gasteiger partial charge in [-0.25, -0.2) is 9.97 Å². The Labute approximate surface area is 265 Å². The Bertz CT molecular complexity index is 2390. The van der Waals surface area contributed by atoms with E-state index in [9.17, 15) is 5.26 Å². The molecule has 0 aliphatic carbocycles. The highest BCUT2D eigenvalue weighted by atomic mass is 32.1. The van der Waals surface area contributed by atoms with Crippen molar-refractivity contribution in [2.24, 2.45) is 0 Å². The highest BCUT2D eigenvalue weighted by Crippen LogP contribution is 2.42. The van der Waals surface area contributed by atoms with Gasteiger partial charge < -0.3 is 0 Å². The summed E-state index contributed by atoms with van der Waals surface area (Å²) in [6.07, 6.45) is 0. The first-order valence-electron chi connectivity index (χ1n) is 14.8. The van der Waals surface area contributed by atoms with E-state index in [2.05, 4.69) is 91.0 Å². The molecule has 0 spiro atoms. The maximum atomic E-state index is 9.92. The lowest BCUT2D eigenvalue weighted by Crippen LogP contribution is -1.97. The average molecular weight is 592 g/mol. The van der Waals surface area contributed by atoms with E-state index in [0.717, 1.165) is 39.1 Å². The van der Waals surface area contributed by atoms with Gasteiger partial charge in [-0.1, -0.05) is 115 Å². The van der Waals surface area contributed by atoms with Crippen molar-refractivity contribution in [3.05, 3.63) is 157 Å². The first kappa shape index (κ1) is 26.7. The van der Waals surface area contributed by atoms with Gasteiger partial charge in [-0.2, -0.15) is 5.26 Å². The molecule has 0 atom stereocenters. The van der Waals surface area contributed by atoms with Crippen LogP contribution in [0.3, 0.4) is 0 Å². The zero-order chi connectivity index (χ0) is 30.2. The molecule has 0 aliphatic heterocycles. The van der Waals surface area contributed by atoms with Crippen molar-refractivity contribution in [1.82, 2.24) is 9.97 Å². The summed E-state index contributed by atoms with van der Waals surface area (Å²) in [5.41, 5.74) is 9.36. The second-order valence-corrected chi connectivity index (χ2v) is 12.0. The molecule has 3 nitrogen and oxygen atoms in total. The lowest BCUT2D eigenvalue weighted by Gasteiger charge is -2.14. The van der Waals surface area contributed by atoms with E-state index in [1.54, 1.807) is 0 Å². The van der Waals surface area contributed by atoms with Gasteiger partial charge in [-0.05, 0) is 58.7 Å². The van der Waals surface area contributed by atoms with Gasteiger partial charge >= 0.3 is 0 Å². The van der Waals surface area contributed by atoms with Crippen LogP contribution in [-0.4, -0.2) is 9.97 Å². The summed E-state index contributed by atoms with van der Waals surface area (Å²) in [4.78, 5) is 10.1. The molecule has 6 aromatic carbocycles. The molecule has 4 heteroatoms. The zero-order valence-electron chi connectivity index (χ0n) is 24.2. The number of benzene rings is 6. The van der Waals surface area contributed by atoms with Gasteiger partial charge in [0, 0.05) is 36.9 Å². The van der Waals surface area contributed by atoms with Crippen molar-refractivity contribution >= 4 is 31.5 Å². The molecule has 0 unspecified atom stereocenters. The summed E-state index contributed by atoms with van der Waals surface area (Å²) < 4.78 is 2.55. The topological polar surface area (TPSA) is 49.6 Å². The summed E-state index contributed by atoms with van der Waals surface area (Å²) in [6.45, 7) is 0. The molecule has 2 aromatic heterocycles. The third-order valence-electron chi connectivity index (χ3n) is 8.13. The minimum absolute atomic E-state index is 0.580. The van der Waals surface area contributed by atoms with Crippen LogP contribution in [0.5, 0.6) is 0 Å². The summed E-state index contributed by atoms with van der Waals surface area (Å²) in [5.74, 6) is 0.620. The van der Waals surface area contributed by atoms with Crippen molar-refractivity contribution in [3.63, 3.8) is 0 Å². The van der Waals surface area contributed by atoms with Crippen molar-refractivity contribution in [2.75, 3.05) is 0 Å². The highest BCUT2D eigenvalue weighted by molar-refractivity contribution is 7.26. The number of hydrogen-bond donors (Lipinski definition) is 0. The minimum atomic E-state index is 0.580. The molecule has 8 aromatic rings. The molecule has 0 amide bonds. The highest BCUT2D eigenvalue weighted by Gasteiger charge is 2.16. The van der Waals surface area contributed by atoms with E-state index in [4.69, 9.17) is 9.97 Å². The van der Waals surface area contributed by atoms with Gasteiger partial charge in [0.25, 0.3) is 0 Å². The monoisotopic (exact) mass is 591 g/mol. The Morgan fingerprint density at radius 3 is 1.91 bits per heavy atom. The second kappa shape index (κ2) is 11.3. The van der Waals surface area contributed by atoms with Crippen LogP contribution >= 0.6 is 11.3 Å². The average Bonchev–Trinajstić information content (AvgIpc) is 3.51. The second-order valence-electron chi connectivity index (χ2n) is 10.9. The van der Waals surface area contributed by atoms with Gasteiger partial charge in [-0.15, -0.1) is 11.3 Å². The predicted molar refractivity (Wildman–Crippen MR) is 187 cm³/mol. The van der Waals surface area contributed by atoms with Gasteiger partial charge in [0.1, 0.15) is 0 Å². The SMILES string of the molecule is N#Cc1ccccc1-c1cc(-c2cc(-c3ccccc3)cc(-c3cccc4c3sc3ccccc34)c2)nc(-c2ccccc2)n1. The van der Waals surface area contributed by atoms with Crippen LogP contribution in [0.1, 0.15) is 5.56 Å². The number of nitrogens with zero attached hydrogens (tertiary/aromatic N) is 3. The van der Waals surface area contributed by atoms with Crippen molar-refractivity contribution in [2.45, 2.75) is 0 Å². The molecule has 0 saturated carbocycles. The van der Waals surface area contributed by atoms with Crippen LogP contribution in [0.25, 0.3) is 76.3 Å². The molecule has 2 heterocycles. The third kappa shape index (κ3) is 4.96. The lowest BCUT2D eigenvalue weighted by atomic mass is 9.93. The molecule has 0 N–H and O–H groups in total. The Morgan fingerprint density at radius 2 is 1.09 bits per heavy atom. The number of aromatic nitrogens is 2. The first-order chi connectivity index (χ1) is 22.2. The van der Waals surface area contributed by atoms with Gasteiger partial charge in [-0.3, -0.25) is 0 Å². The third-order valence-corrected chi connectivity index (χ3v) is 9.35. The summed E-state index contributed by atoms with van der Waals surface area (Å²) >= 11 is 1.83. The molecule has 0 aliphatic rings. The van der Waals surface area contributed by atoms with Crippen LogP contribution in [0.2, 0.25) is 0 Å². The molecular formula is C41H25N3S. The molecule has 8 rings (SSSR count). The number of rotatable bonds is 5. The van der Waals surface area contributed by atoms with Crippen LogP contribution in [-0.2, 0) is 0 Å².